The molecule has 0 aromatic rings. The molecule has 1 rings (SSSR count). The van der Waals surface area contributed by atoms with Crippen molar-refractivity contribution in [2.45, 2.75) is 83.7 Å². The molecular formula is C14H29NO. The Balaban J connectivity index is 1.71. The molecule has 0 atom stereocenters. The SMILES string of the molecule is CCCCCCCCCNOC1CCCC1. The average Bonchev–Trinajstić information content (AvgIpc) is 2.80. The molecule has 1 aliphatic carbocycles. The molecule has 0 bridgehead atoms. The lowest BCUT2D eigenvalue weighted by molar-refractivity contribution is -0.0210. The number of unbranched alkanes of at least 4 members (excludes halogenated alkanes) is 6. The van der Waals surface area contributed by atoms with E-state index in [9.17, 15) is 0 Å². The quantitative estimate of drug-likeness (QED) is 0.446. The van der Waals surface area contributed by atoms with Gasteiger partial charge in [-0.3, -0.25) is 4.84 Å². The van der Waals surface area contributed by atoms with Crippen LogP contribution in [0.4, 0.5) is 0 Å². The van der Waals surface area contributed by atoms with Crippen molar-refractivity contribution in [3.63, 3.8) is 0 Å². The van der Waals surface area contributed by atoms with Crippen molar-refractivity contribution in [1.82, 2.24) is 5.48 Å². The number of hydrogen-bond acceptors (Lipinski definition) is 2. The first-order valence-corrected chi connectivity index (χ1v) is 7.32. The zero-order valence-corrected chi connectivity index (χ0v) is 11.0. The van der Waals surface area contributed by atoms with Gasteiger partial charge in [0.2, 0.25) is 0 Å². The second-order valence-electron chi connectivity index (χ2n) is 5.04. The Morgan fingerprint density at radius 3 is 2.25 bits per heavy atom. The van der Waals surface area contributed by atoms with Gasteiger partial charge in [-0.05, 0) is 19.3 Å². The average molecular weight is 227 g/mol. The Hall–Kier alpha value is -0.0800. The molecule has 1 N–H and O–H groups in total. The maximum Gasteiger partial charge on any atom is 0.0790 e. The Labute approximate surface area is 101 Å². The highest BCUT2D eigenvalue weighted by Crippen LogP contribution is 2.19. The van der Waals surface area contributed by atoms with E-state index in [4.69, 9.17) is 4.84 Å². The topological polar surface area (TPSA) is 21.3 Å². The Kier molecular flexibility index (Phi) is 8.83. The van der Waals surface area contributed by atoms with Gasteiger partial charge in [0.15, 0.2) is 0 Å². The van der Waals surface area contributed by atoms with Gasteiger partial charge in [-0.2, -0.15) is 0 Å². The van der Waals surface area contributed by atoms with Crippen LogP contribution in [0, 0.1) is 0 Å². The van der Waals surface area contributed by atoms with Crippen LogP contribution >= 0.6 is 0 Å². The van der Waals surface area contributed by atoms with Gasteiger partial charge in [-0.25, -0.2) is 5.48 Å². The van der Waals surface area contributed by atoms with Crippen molar-refractivity contribution in [3.05, 3.63) is 0 Å². The number of nitrogens with one attached hydrogen (secondary N) is 1. The van der Waals surface area contributed by atoms with Crippen molar-refractivity contribution >= 4 is 0 Å². The van der Waals surface area contributed by atoms with Gasteiger partial charge in [0.05, 0.1) is 6.10 Å². The fourth-order valence-electron chi connectivity index (χ4n) is 2.34. The van der Waals surface area contributed by atoms with Crippen molar-refractivity contribution in [1.29, 1.82) is 0 Å². The van der Waals surface area contributed by atoms with E-state index in [1.807, 2.05) is 0 Å². The highest BCUT2D eigenvalue weighted by molar-refractivity contribution is 4.65. The maximum atomic E-state index is 5.60. The molecule has 0 spiro atoms. The van der Waals surface area contributed by atoms with E-state index in [2.05, 4.69) is 12.4 Å². The molecule has 0 amide bonds. The fourth-order valence-corrected chi connectivity index (χ4v) is 2.34. The van der Waals surface area contributed by atoms with Crippen LogP contribution in [0.3, 0.4) is 0 Å². The van der Waals surface area contributed by atoms with Crippen LogP contribution < -0.4 is 5.48 Å². The molecule has 2 heteroatoms. The molecule has 96 valence electrons. The predicted octanol–water partition coefficient (Wildman–Crippen LogP) is 4.20. The third-order valence-corrected chi connectivity index (χ3v) is 3.43. The monoisotopic (exact) mass is 227 g/mol. The highest BCUT2D eigenvalue weighted by Gasteiger charge is 2.14. The maximum absolute atomic E-state index is 5.60. The van der Waals surface area contributed by atoms with E-state index in [0.717, 1.165) is 6.54 Å². The molecule has 0 aromatic heterocycles. The first kappa shape index (κ1) is 14.0. The van der Waals surface area contributed by atoms with E-state index < -0.39 is 0 Å². The van der Waals surface area contributed by atoms with Gasteiger partial charge < -0.3 is 0 Å². The molecule has 16 heavy (non-hydrogen) atoms. The van der Waals surface area contributed by atoms with E-state index in [0.29, 0.717) is 6.10 Å². The predicted molar refractivity (Wildman–Crippen MR) is 69.3 cm³/mol. The summed E-state index contributed by atoms with van der Waals surface area (Å²) in [6.07, 6.45) is 15.3. The molecular weight excluding hydrogens is 198 g/mol. The summed E-state index contributed by atoms with van der Waals surface area (Å²) in [6.45, 7) is 3.30. The summed E-state index contributed by atoms with van der Waals surface area (Å²) in [5.74, 6) is 0. The Morgan fingerprint density at radius 2 is 1.56 bits per heavy atom. The minimum absolute atomic E-state index is 0.504. The van der Waals surface area contributed by atoms with Crippen LogP contribution in [-0.4, -0.2) is 12.6 Å². The van der Waals surface area contributed by atoms with Gasteiger partial charge in [-0.1, -0.05) is 58.3 Å². The highest BCUT2D eigenvalue weighted by atomic mass is 16.7. The van der Waals surface area contributed by atoms with Gasteiger partial charge in [0.1, 0.15) is 0 Å². The van der Waals surface area contributed by atoms with Gasteiger partial charge in [-0.15, -0.1) is 0 Å². The van der Waals surface area contributed by atoms with Crippen LogP contribution in [0.25, 0.3) is 0 Å². The van der Waals surface area contributed by atoms with E-state index in [-0.39, 0.29) is 0 Å². The van der Waals surface area contributed by atoms with Crippen molar-refractivity contribution in [2.75, 3.05) is 6.54 Å². The molecule has 0 radical (unpaired) electrons. The van der Waals surface area contributed by atoms with Crippen LogP contribution in [0.2, 0.25) is 0 Å². The summed E-state index contributed by atoms with van der Waals surface area (Å²) >= 11 is 0. The van der Waals surface area contributed by atoms with Gasteiger partial charge in [0, 0.05) is 6.54 Å². The van der Waals surface area contributed by atoms with E-state index >= 15 is 0 Å². The molecule has 1 saturated carbocycles. The summed E-state index contributed by atoms with van der Waals surface area (Å²) in [6, 6.07) is 0. The molecule has 0 aliphatic heterocycles. The summed E-state index contributed by atoms with van der Waals surface area (Å²) in [7, 11) is 0. The lowest BCUT2D eigenvalue weighted by atomic mass is 10.1. The van der Waals surface area contributed by atoms with E-state index in [1.54, 1.807) is 0 Å². The molecule has 2 nitrogen and oxygen atoms in total. The smallest absolute Gasteiger partial charge is 0.0790 e. The second-order valence-corrected chi connectivity index (χ2v) is 5.04. The molecule has 1 fully saturated rings. The number of hydrogen-bond donors (Lipinski definition) is 1. The number of rotatable bonds is 10. The standard InChI is InChI=1S/C14H29NO/c1-2-3-4-5-6-7-10-13-15-16-14-11-8-9-12-14/h14-15H,2-13H2,1H3. The summed E-state index contributed by atoms with van der Waals surface area (Å²) in [5, 5.41) is 0. The molecule has 0 aromatic carbocycles. The Morgan fingerprint density at radius 1 is 0.938 bits per heavy atom. The zero-order chi connectivity index (χ0) is 11.5. The fraction of sp³-hybridized carbons (Fsp3) is 1.00. The molecule has 0 unspecified atom stereocenters. The summed E-state index contributed by atoms with van der Waals surface area (Å²) < 4.78 is 0. The Bertz CT molecular complexity index is 144. The normalized spacial score (nSPS) is 17.1. The van der Waals surface area contributed by atoms with Crippen LogP contribution in [0.5, 0.6) is 0 Å². The second kappa shape index (κ2) is 10.1. The largest absolute Gasteiger partial charge is 0.299 e. The van der Waals surface area contributed by atoms with Gasteiger partial charge in [0.25, 0.3) is 0 Å². The lowest BCUT2D eigenvalue weighted by Gasteiger charge is -2.11. The molecule has 0 saturated heterocycles. The van der Waals surface area contributed by atoms with E-state index in [1.165, 1.54) is 70.6 Å². The molecule has 1 aliphatic rings. The summed E-state index contributed by atoms with van der Waals surface area (Å²) in [4.78, 5) is 5.60. The third kappa shape index (κ3) is 7.24. The minimum atomic E-state index is 0.504. The lowest BCUT2D eigenvalue weighted by Crippen LogP contribution is -2.22. The van der Waals surface area contributed by atoms with Crippen molar-refractivity contribution < 1.29 is 4.84 Å². The third-order valence-electron chi connectivity index (χ3n) is 3.43. The first-order chi connectivity index (χ1) is 7.93. The van der Waals surface area contributed by atoms with Crippen LogP contribution in [0.15, 0.2) is 0 Å². The van der Waals surface area contributed by atoms with Crippen molar-refractivity contribution in [3.8, 4) is 0 Å². The summed E-state index contributed by atoms with van der Waals surface area (Å²) in [5.41, 5.74) is 3.13. The molecule has 0 heterocycles. The van der Waals surface area contributed by atoms with Gasteiger partial charge >= 0.3 is 0 Å². The number of hydroxylamine groups is 1. The van der Waals surface area contributed by atoms with Crippen LogP contribution in [-0.2, 0) is 4.84 Å². The zero-order valence-electron chi connectivity index (χ0n) is 11.0. The minimum Gasteiger partial charge on any atom is -0.299 e. The first-order valence-electron chi connectivity index (χ1n) is 7.32. The van der Waals surface area contributed by atoms with Crippen molar-refractivity contribution in [2.24, 2.45) is 0 Å². The van der Waals surface area contributed by atoms with Crippen LogP contribution in [0.1, 0.15) is 77.6 Å².